The number of nitrogens with one attached hydrogen (secondary N) is 1. The molecule has 6 heteroatoms. The third-order valence-electron chi connectivity index (χ3n) is 4.71. The molecule has 0 amide bonds. The quantitative estimate of drug-likeness (QED) is 0.433. The molecule has 2 aromatic heterocycles. The van der Waals surface area contributed by atoms with Crippen LogP contribution in [0.4, 0.5) is 10.1 Å². The van der Waals surface area contributed by atoms with Crippen LogP contribution in [0.1, 0.15) is 18.2 Å². The summed E-state index contributed by atoms with van der Waals surface area (Å²) in [5, 5.41) is 8.50. The van der Waals surface area contributed by atoms with Gasteiger partial charge in [0.2, 0.25) is 0 Å². The van der Waals surface area contributed by atoms with Gasteiger partial charge in [-0.15, -0.1) is 0 Å². The molecular weight excluding hydrogens is 387 g/mol. The molecule has 4 aromatic rings. The zero-order valence-corrected chi connectivity index (χ0v) is 16.7. The van der Waals surface area contributed by atoms with Crippen LogP contribution in [-0.2, 0) is 13.0 Å². The van der Waals surface area contributed by atoms with Gasteiger partial charge in [-0.1, -0.05) is 24.6 Å². The van der Waals surface area contributed by atoms with Gasteiger partial charge in [-0.05, 0) is 66.6 Å². The largest absolute Gasteiger partial charge is 0.381 e. The molecule has 0 aliphatic carbocycles. The molecule has 2 heterocycles. The molecule has 146 valence electrons. The molecular formula is C23H20ClFN4. The Balaban J connectivity index is 1.52. The molecule has 29 heavy (non-hydrogen) atoms. The SMILES string of the molecule is CCc1cc(-c2cccnc2)nn1-c1ccc(NCc2ccc(F)cc2Cl)cc1. The van der Waals surface area contributed by atoms with E-state index < -0.39 is 0 Å². The number of nitrogens with zero attached hydrogens (tertiary/aromatic N) is 3. The topological polar surface area (TPSA) is 42.7 Å². The second kappa shape index (κ2) is 8.45. The van der Waals surface area contributed by atoms with Crippen molar-refractivity contribution in [2.24, 2.45) is 0 Å². The number of anilines is 1. The van der Waals surface area contributed by atoms with Gasteiger partial charge in [-0.3, -0.25) is 4.98 Å². The summed E-state index contributed by atoms with van der Waals surface area (Å²) in [6.45, 7) is 2.63. The highest BCUT2D eigenvalue weighted by molar-refractivity contribution is 6.31. The van der Waals surface area contributed by atoms with Gasteiger partial charge in [-0.25, -0.2) is 9.07 Å². The first-order valence-corrected chi connectivity index (χ1v) is 9.79. The Morgan fingerprint density at radius 2 is 1.90 bits per heavy atom. The Bertz CT molecular complexity index is 1110. The Morgan fingerprint density at radius 1 is 1.07 bits per heavy atom. The number of aromatic nitrogens is 3. The zero-order valence-electron chi connectivity index (χ0n) is 15.9. The minimum Gasteiger partial charge on any atom is -0.381 e. The molecule has 0 spiro atoms. The first-order chi connectivity index (χ1) is 14.1. The van der Waals surface area contributed by atoms with E-state index in [1.165, 1.54) is 12.1 Å². The normalized spacial score (nSPS) is 10.9. The van der Waals surface area contributed by atoms with Crippen molar-refractivity contribution in [2.75, 3.05) is 5.32 Å². The Labute approximate surface area is 174 Å². The lowest BCUT2D eigenvalue weighted by atomic mass is 10.2. The number of hydrogen-bond acceptors (Lipinski definition) is 3. The standard InChI is InChI=1S/C23H20ClFN4/c1-2-20-13-23(17-4-3-11-26-14-17)28-29(20)21-9-7-19(8-10-21)27-15-16-5-6-18(25)12-22(16)24/h3-14,27H,2,15H2,1H3. The van der Waals surface area contributed by atoms with Gasteiger partial charge in [0, 0.05) is 40.9 Å². The van der Waals surface area contributed by atoms with E-state index in [0.29, 0.717) is 11.6 Å². The van der Waals surface area contributed by atoms with E-state index in [0.717, 1.165) is 40.3 Å². The predicted molar refractivity (Wildman–Crippen MR) is 115 cm³/mol. The smallest absolute Gasteiger partial charge is 0.124 e. The fraction of sp³-hybridized carbons (Fsp3) is 0.130. The van der Waals surface area contributed by atoms with Crippen LogP contribution in [0.15, 0.2) is 73.1 Å². The highest BCUT2D eigenvalue weighted by atomic mass is 35.5. The zero-order chi connectivity index (χ0) is 20.2. The van der Waals surface area contributed by atoms with Gasteiger partial charge in [0.25, 0.3) is 0 Å². The minimum absolute atomic E-state index is 0.334. The van der Waals surface area contributed by atoms with Crippen LogP contribution >= 0.6 is 11.6 Å². The first-order valence-electron chi connectivity index (χ1n) is 9.41. The van der Waals surface area contributed by atoms with E-state index in [4.69, 9.17) is 16.7 Å². The summed E-state index contributed by atoms with van der Waals surface area (Å²) < 4.78 is 15.1. The number of rotatable bonds is 6. The van der Waals surface area contributed by atoms with Gasteiger partial charge in [0.1, 0.15) is 5.82 Å². The van der Waals surface area contributed by atoms with Gasteiger partial charge in [-0.2, -0.15) is 5.10 Å². The first kappa shape index (κ1) is 19.2. The lowest BCUT2D eigenvalue weighted by Crippen LogP contribution is -2.03. The maximum atomic E-state index is 13.2. The molecule has 0 aliphatic rings. The van der Waals surface area contributed by atoms with E-state index >= 15 is 0 Å². The van der Waals surface area contributed by atoms with Gasteiger partial charge >= 0.3 is 0 Å². The molecule has 0 aliphatic heterocycles. The second-order valence-electron chi connectivity index (χ2n) is 6.66. The summed E-state index contributed by atoms with van der Waals surface area (Å²) in [4.78, 5) is 4.18. The summed E-state index contributed by atoms with van der Waals surface area (Å²) in [5.74, 6) is -0.334. The Morgan fingerprint density at radius 3 is 2.59 bits per heavy atom. The summed E-state index contributed by atoms with van der Waals surface area (Å²) >= 11 is 6.09. The van der Waals surface area contributed by atoms with Crippen LogP contribution in [0.2, 0.25) is 5.02 Å². The van der Waals surface area contributed by atoms with Crippen LogP contribution < -0.4 is 5.32 Å². The van der Waals surface area contributed by atoms with Crippen molar-refractivity contribution in [1.29, 1.82) is 0 Å². The molecule has 0 radical (unpaired) electrons. The fourth-order valence-corrected chi connectivity index (χ4v) is 3.37. The maximum absolute atomic E-state index is 13.2. The fourth-order valence-electron chi connectivity index (χ4n) is 3.13. The molecule has 2 aromatic carbocycles. The van der Waals surface area contributed by atoms with Crippen LogP contribution in [-0.4, -0.2) is 14.8 Å². The molecule has 0 unspecified atom stereocenters. The van der Waals surface area contributed by atoms with Crippen LogP contribution in [0.3, 0.4) is 0 Å². The monoisotopic (exact) mass is 406 g/mol. The van der Waals surface area contributed by atoms with Gasteiger partial charge in [0.15, 0.2) is 0 Å². The summed E-state index contributed by atoms with van der Waals surface area (Å²) in [7, 11) is 0. The van der Waals surface area contributed by atoms with Crippen LogP contribution in [0.25, 0.3) is 16.9 Å². The summed E-state index contributed by atoms with van der Waals surface area (Å²) in [6.07, 6.45) is 4.45. The molecule has 4 rings (SSSR count). The van der Waals surface area contributed by atoms with Gasteiger partial charge in [0.05, 0.1) is 11.4 Å². The number of hydrogen-bond donors (Lipinski definition) is 1. The Kier molecular flexibility index (Phi) is 5.58. The number of pyridine rings is 1. The molecule has 0 bridgehead atoms. The van der Waals surface area contributed by atoms with E-state index in [2.05, 4.69) is 23.3 Å². The molecule has 4 nitrogen and oxygen atoms in total. The van der Waals surface area contributed by atoms with E-state index in [-0.39, 0.29) is 5.82 Å². The van der Waals surface area contributed by atoms with E-state index in [1.807, 2.05) is 47.3 Å². The van der Waals surface area contributed by atoms with Gasteiger partial charge < -0.3 is 5.32 Å². The lowest BCUT2D eigenvalue weighted by Gasteiger charge is -2.10. The lowest BCUT2D eigenvalue weighted by molar-refractivity contribution is 0.627. The van der Waals surface area contributed by atoms with Crippen molar-refractivity contribution in [3.05, 3.63) is 95.2 Å². The minimum atomic E-state index is -0.334. The molecule has 1 N–H and O–H groups in total. The average molecular weight is 407 g/mol. The van der Waals surface area contributed by atoms with Crippen molar-refractivity contribution in [3.63, 3.8) is 0 Å². The third-order valence-corrected chi connectivity index (χ3v) is 5.06. The van der Waals surface area contributed by atoms with Crippen LogP contribution in [0.5, 0.6) is 0 Å². The molecule has 0 saturated carbocycles. The number of halogens is 2. The van der Waals surface area contributed by atoms with Crippen molar-refractivity contribution in [2.45, 2.75) is 19.9 Å². The molecule has 0 saturated heterocycles. The highest BCUT2D eigenvalue weighted by Gasteiger charge is 2.10. The van der Waals surface area contributed by atoms with Crippen molar-refractivity contribution in [3.8, 4) is 16.9 Å². The van der Waals surface area contributed by atoms with Crippen molar-refractivity contribution < 1.29 is 4.39 Å². The van der Waals surface area contributed by atoms with E-state index in [1.54, 1.807) is 12.3 Å². The number of benzene rings is 2. The molecule has 0 fully saturated rings. The number of aryl methyl sites for hydroxylation is 1. The second-order valence-corrected chi connectivity index (χ2v) is 7.07. The summed E-state index contributed by atoms with van der Waals surface area (Å²) in [5.41, 5.74) is 5.81. The van der Waals surface area contributed by atoms with Crippen molar-refractivity contribution >= 4 is 17.3 Å². The van der Waals surface area contributed by atoms with Crippen molar-refractivity contribution in [1.82, 2.24) is 14.8 Å². The molecule has 0 atom stereocenters. The summed E-state index contributed by atoms with van der Waals surface area (Å²) in [6, 6.07) is 18.5. The average Bonchev–Trinajstić information content (AvgIpc) is 3.19. The van der Waals surface area contributed by atoms with Crippen LogP contribution in [0, 0.1) is 5.82 Å². The maximum Gasteiger partial charge on any atom is 0.124 e. The highest BCUT2D eigenvalue weighted by Crippen LogP contribution is 2.23. The Hall–Kier alpha value is -3.18. The van der Waals surface area contributed by atoms with E-state index in [9.17, 15) is 4.39 Å². The predicted octanol–water partition coefficient (Wildman–Crippen LogP) is 5.90. The third kappa shape index (κ3) is 4.30.